The van der Waals surface area contributed by atoms with Gasteiger partial charge < -0.3 is 0 Å². The van der Waals surface area contributed by atoms with Crippen LogP contribution in [0.4, 0.5) is 0 Å². The van der Waals surface area contributed by atoms with E-state index in [9.17, 15) is 4.79 Å². The van der Waals surface area contributed by atoms with Crippen molar-refractivity contribution in [1.82, 2.24) is 5.43 Å². The molecule has 1 aromatic carbocycles. The van der Waals surface area contributed by atoms with Crippen LogP contribution in [-0.4, -0.2) is 17.5 Å². The molecule has 1 N–H and O–H groups in total. The second-order valence-corrected chi connectivity index (χ2v) is 2.99. The summed E-state index contributed by atoms with van der Waals surface area (Å²) >= 11 is 5.70. The molecule has 1 rings (SSSR count). The Balaban J connectivity index is 2.82. The Labute approximate surface area is 87.8 Å². The molecule has 0 aliphatic heterocycles. The molecule has 14 heavy (non-hydrogen) atoms. The highest BCUT2D eigenvalue weighted by Gasteiger charge is 2.00. The fourth-order valence-electron chi connectivity index (χ4n) is 0.948. The molecule has 3 nitrogen and oxygen atoms in total. The summed E-state index contributed by atoms with van der Waals surface area (Å²) < 4.78 is 0. The zero-order valence-electron chi connectivity index (χ0n) is 7.83. The van der Waals surface area contributed by atoms with E-state index in [1.165, 1.54) is 6.92 Å². The Hall–Kier alpha value is -1.35. The minimum absolute atomic E-state index is 0.205. The highest BCUT2D eigenvalue weighted by atomic mass is 35.5. The Morgan fingerprint density at radius 1 is 1.43 bits per heavy atom. The number of carbonyl (C=O) groups excluding carboxylic acids is 1. The van der Waals surface area contributed by atoms with Crippen molar-refractivity contribution in [2.24, 2.45) is 5.10 Å². The first-order valence-electron chi connectivity index (χ1n) is 4.18. The van der Waals surface area contributed by atoms with E-state index in [-0.39, 0.29) is 11.8 Å². The summed E-state index contributed by atoms with van der Waals surface area (Å²) in [6.45, 7) is 1.40. The Morgan fingerprint density at radius 3 is 2.57 bits per heavy atom. The number of benzene rings is 1. The first kappa shape index (κ1) is 10.7. The summed E-state index contributed by atoms with van der Waals surface area (Å²) in [5.41, 5.74) is 3.93. The van der Waals surface area contributed by atoms with Crippen LogP contribution in [0, 0.1) is 0 Å². The lowest BCUT2D eigenvalue weighted by Gasteiger charge is -2.02. The zero-order valence-corrected chi connectivity index (χ0v) is 8.58. The minimum atomic E-state index is -0.205. The standard InChI is InChI=1S/C10H11ClN2O/c1-8(14)12-13-10(7-11)9-5-3-2-4-6-9/h2-6H,7H2,1H3,(H,12,14)/b13-10+. The molecular weight excluding hydrogens is 200 g/mol. The fourth-order valence-corrected chi connectivity index (χ4v) is 1.16. The topological polar surface area (TPSA) is 41.5 Å². The molecular formula is C10H11ClN2O. The van der Waals surface area contributed by atoms with Crippen LogP contribution in [-0.2, 0) is 4.79 Å². The van der Waals surface area contributed by atoms with E-state index in [0.717, 1.165) is 5.56 Å². The zero-order chi connectivity index (χ0) is 10.4. The van der Waals surface area contributed by atoms with E-state index in [1.807, 2.05) is 30.3 Å². The molecule has 74 valence electrons. The highest BCUT2D eigenvalue weighted by Crippen LogP contribution is 2.02. The van der Waals surface area contributed by atoms with E-state index in [0.29, 0.717) is 5.71 Å². The molecule has 0 aliphatic rings. The van der Waals surface area contributed by atoms with Crippen molar-refractivity contribution in [3.63, 3.8) is 0 Å². The van der Waals surface area contributed by atoms with Crippen LogP contribution in [0.5, 0.6) is 0 Å². The third-order valence-electron chi connectivity index (χ3n) is 1.58. The largest absolute Gasteiger partial charge is 0.274 e. The SMILES string of the molecule is CC(=O)N/N=C(\CCl)c1ccccc1. The lowest BCUT2D eigenvalue weighted by molar-refractivity contribution is -0.118. The predicted molar refractivity (Wildman–Crippen MR) is 57.5 cm³/mol. The van der Waals surface area contributed by atoms with Gasteiger partial charge in [0.25, 0.3) is 0 Å². The van der Waals surface area contributed by atoms with Gasteiger partial charge in [-0.25, -0.2) is 5.43 Å². The van der Waals surface area contributed by atoms with Crippen LogP contribution in [0.2, 0.25) is 0 Å². The van der Waals surface area contributed by atoms with Crippen LogP contribution in [0.25, 0.3) is 0 Å². The van der Waals surface area contributed by atoms with Crippen molar-refractivity contribution in [3.05, 3.63) is 35.9 Å². The lowest BCUT2D eigenvalue weighted by atomic mass is 10.1. The number of hydrazone groups is 1. The van der Waals surface area contributed by atoms with Crippen LogP contribution < -0.4 is 5.43 Å². The van der Waals surface area contributed by atoms with Crippen molar-refractivity contribution in [3.8, 4) is 0 Å². The number of hydrogen-bond donors (Lipinski definition) is 1. The molecule has 0 saturated heterocycles. The molecule has 0 radical (unpaired) electrons. The molecule has 0 spiro atoms. The van der Waals surface area contributed by atoms with Crippen LogP contribution in [0.1, 0.15) is 12.5 Å². The van der Waals surface area contributed by atoms with Gasteiger partial charge >= 0.3 is 0 Å². The summed E-state index contributed by atoms with van der Waals surface area (Å²) in [4.78, 5) is 10.6. The molecule has 0 aromatic heterocycles. The average Bonchev–Trinajstić information content (AvgIpc) is 2.20. The summed E-state index contributed by atoms with van der Waals surface area (Å²) in [7, 11) is 0. The van der Waals surface area contributed by atoms with Crippen molar-refractivity contribution in [1.29, 1.82) is 0 Å². The fraction of sp³-hybridized carbons (Fsp3) is 0.200. The van der Waals surface area contributed by atoms with Crippen LogP contribution in [0.3, 0.4) is 0 Å². The van der Waals surface area contributed by atoms with Crippen molar-refractivity contribution >= 4 is 23.2 Å². The number of rotatable bonds is 3. The lowest BCUT2D eigenvalue weighted by Crippen LogP contribution is -2.17. The van der Waals surface area contributed by atoms with Gasteiger partial charge in [0.1, 0.15) is 0 Å². The van der Waals surface area contributed by atoms with Gasteiger partial charge in [-0.1, -0.05) is 30.3 Å². The van der Waals surface area contributed by atoms with Crippen molar-refractivity contribution < 1.29 is 4.79 Å². The first-order chi connectivity index (χ1) is 6.74. The maximum absolute atomic E-state index is 10.6. The summed E-state index contributed by atoms with van der Waals surface area (Å²) in [5.74, 6) is 0.0631. The molecule has 0 aliphatic carbocycles. The molecule has 0 bridgehead atoms. The molecule has 1 aromatic rings. The van der Waals surface area contributed by atoms with E-state index in [2.05, 4.69) is 10.5 Å². The average molecular weight is 211 g/mol. The normalized spacial score (nSPS) is 11.1. The second kappa shape index (κ2) is 5.40. The maximum Gasteiger partial charge on any atom is 0.236 e. The number of carbonyl (C=O) groups is 1. The Kier molecular flexibility index (Phi) is 4.13. The molecule has 0 unspecified atom stereocenters. The number of alkyl halides is 1. The minimum Gasteiger partial charge on any atom is -0.274 e. The number of halogens is 1. The Bertz CT molecular complexity index is 335. The number of amides is 1. The van der Waals surface area contributed by atoms with Gasteiger partial charge in [-0.2, -0.15) is 5.10 Å². The van der Waals surface area contributed by atoms with Crippen molar-refractivity contribution in [2.75, 3.05) is 5.88 Å². The van der Waals surface area contributed by atoms with E-state index >= 15 is 0 Å². The van der Waals surface area contributed by atoms with Crippen LogP contribution >= 0.6 is 11.6 Å². The second-order valence-electron chi connectivity index (χ2n) is 2.73. The predicted octanol–water partition coefficient (Wildman–Crippen LogP) is 1.77. The molecule has 0 heterocycles. The van der Waals surface area contributed by atoms with Gasteiger partial charge in [-0.15, -0.1) is 11.6 Å². The van der Waals surface area contributed by atoms with Gasteiger partial charge in [0.2, 0.25) is 5.91 Å². The van der Waals surface area contributed by atoms with E-state index in [1.54, 1.807) is 0 Å². The monoisotopic (exact) mass is 210 g/mol. The van der Waals surface area contributed by atoms with Crippen molar-refractivity contribution in [2.45, 2.75) is 6.92 Å². The quantitative estimate of drug-likeness (QED) is 0.461. The molecule has 4 heteroatoms. The molecule has 1 amide bonds. The smallest absolute Gasteiger partial charge is 0.236 e. The third kappa shape index (κ3) is 3.18. The number of nitrogens with zero attached hydrogens (tertiary/aromatic N) is 1. The summed E-state index contributed by atoms with van der Waals surface area (Å²) in [5, 5.41) is 3.90. The van der Waals surface area contributed by atoms with Crippen LogP contribution in [0.15, 0.2) is 35.4 Å². The third-order valence-corrected chi connectivity index (χ3v) is 1.84. The van der Waals surface area contributed by atoms with Gasteiger partial charge in [-0.05, 0) is 5.56 Å². The number of hydrogen-bond acceptors (Lipinski definition) is 2. The molecule has 0 saturated carbocycles. The molecule has 0 atom stereocenters. The van der Waals surface area contributed by atoms with Gasteiger partial charge in [0, 0.05) is 6.92 Å². The summed E-state index contributed by atoms with van der Waals surface area (Å²) in [6, 6.07) is 9.48. The first-order valence-corrected chi connectivity index (χ1v) is 4.72. The van der Waals surface area contributed by atoms with Gasteiger partial charge in [-0.3, -0.25) is 4.79 Å². The number of nitrogens with one attached hydrogen (secondary N) is 1. The van der Waals surface area contributed by atoms with E-state index in [4.69, 9.17) is 11.6 Å². The summed E-state index contributed by atoms with van der Waals surface area (Å²) in [6.07, 6.45) is 0. The Morgan fingerprint density at radius 2 is 2.07 bits per heavy atom. The highest BCUT2D eigenvalue weighted by molar-refractivity contribution is 6.31. The van der Waals surface area contributed by atoms with E-state index < -0.39 is 0 Å². The van der Waals surface area contributed by atoms with Gasteiger partial charge in [0.05, 0.1) is 11.6 Å². The van der Waals surface area contributed by atoms with Gasteiger partial charge in [0.15, 0.2) is 0 Å². The maximum atomic E-state index is 10.6. The molecule has 0 fully saturated rings.